The van der Waals surface area contributed by atoms with E-state index in [-0.39, 0.29) is 0 Å². The van der Waals surface area contributed by atoms with Crippen molar-refractivity contribution in [3.63, 3.8) is 0 Å². The van der Waals surface area contributed by atoms with Gasteiger partial charge in [0.2, 0.25) is 5.82 Å². The van der Waals surface area contributed by atoms with Gasteiger partial charge in [0.05, 0.1) is 14.3 Å². The molecule has 0 bridgehead atoms. The molecule has 0 unspecified atom stereocenters. The van der Waals surface area contributed by atoms with Gasteiger partial charge in [-0.05, 0) is 11.8 Å². The van der Waals surface area contributed by atoms with Crippen molar-refractivity contribution in [1.82, 2.24) is 14.9 Å². The molecule has 2 N–H and O–H groups in total. The Bertz CT molecular complexity index is 657. The first-order valence-electron chi connectivity index (χ1n) is 7.52. The van der Waals surface area contributed by atoms with Crippen LogP contribution in [-0.4, -0.2) is 41.7 Å². The van der Waals surface area contributed by atoms with Crippen LogP contribution in [0.2, 0.25) is 24.7 Å². The lowest BCUT2D eigenvalue weighted by Crippen LogP contribution is -2.41. The second-order valence-corrected chi connectivity index (χ2v) is 13.2. The van der Waals surface area contributed by atoms with E-state index >= 15 is 0 Å². The van der Waals surface area contributed by atoms with Gasteiger partial charge in [0.1, 0.15) is 0 Å². The molecule has 130 valence electrons. The highest BCUT2D eigenvalue weighted by molar-refractivity contribution is 7.99. The zero-order chi connectivity index (χ0) is 17.6. The Balaban J connectivity index is 2.37. The lowest BCUT2D eigenvalue weighted by molar-refractivity contribution is 0.241. The van der Waals surface area contributed by atoms with Crippen LogP contribution in [0.15, 0.2) is 15.8 Å². The molecule has 1 rings (SSSR count). The summed E-state index contributed by atoms with van der Waals surface area (Å²) in [5.74, 6) is 0.588. The van der Waals surface area contributed by atoms with Crippen LogP contribution in [0.4, 0.5) is 9.18 Å². The summed E-state index contributed by atoms with van der Waals surface area (Å²) in [6.45, 7) is 9.64. The van der Waals surface area contributed by atoms with Gasteiger partial charge in [-0.3, -0.25) is 9.78 Å². The van der Waals surface area contributed by atoms with Crippen LogP contribution in [0.5, 0.6) is 0 Å². The van der Waals surface area contributed by atoms with E-state index in [1.807, 2.05) is 0 Å². The molecule has 0 aliphatic carbocycles. The van der Waals surface area contributed by atoms with Crippen LogP contribution in [0.1, 0.15) is 13.8 Å². The van der Waals surface area contributed by atoms with Crippen LogP contribution in [0.3, 0.4) is 0 Å². The minimum Gasteiger partial charge on any atom is -0.336 e. The fraction of sp³-hybridized carbons (Fsp3) is 0.643. The third kappa shape index (κ3) is 5.98. The number of carbonyl (C=O) groups is 1. The SMILES string of the molecule is CC(C)[Si](C)(C)CCSCCNC(=O)n1cc(F)c(=O)[nH]c1=O. The third-order valence-corrected chi connectivity index (χ3v) is 10.1. The summed E-state index contributed by atoms with van der Waals surface area (Å²) in [5.41, 5.74) is -1.34. The maximum Gasteiger partial charge on any atom is 0.336 e. The number of nitrogens with one attached hydrogen (secondary N) is 2. The van der Waals surface area contributed by atoms with Gasteiger partial charge >= 0.3 is 11.7 Å². The molecule has 0 aliphatic rings. The summed E-state index contributed by atoms with van der Waals surface area (Å²) in [4.78, 5) is 35.8. The van der Waals surface area contributed by atoms with E-state index in [2.05, 4.69) is 32.3 Å². The molecular weight excluding hydrogens is 337 g/mol. The number of hydrogen-bond acceptors (Lipinski definition) is 4. The monoisotopic (exact) mass is 361 g/mol. The normalized spacial score (nSPS) is 11.7. The molecule has 1 aromatic heterocycles. The highest BCUT2D eigenvalue weighted by Gasteiger charge is 2.23. The van der Waals surface area contributed by atoms with Crippen LogP contribution < -0.4 is 16.6 Å². The lowest BCUT2D eigenvalue weighted by atomic mass is 10.6. The third-order valence-electron chi connectivity index (χ3n) is 4.09. The molecule has 0 atom stereocenters. The predicted molar refractivity (Wildman–Crippen MR) is 94.8 cm³/mol. The van der Waals surface area contributed by atoms with E-state index in [4.69, 9.17) is 0 Å². The fourth-order valence-electron chi connectivity index (χ4n) is 1.64. The number of aromatic nitrogens is 2. The summed E-state index contributed by atoms with van der Waals surface area (Å²) >= 11 is 1.75. The van der Waals surface area contributed by atoms with Crippen molar-refractivity contribution >= 4 is 25.9 Å². The number of aromatic amines is 1. The van der Waals surface area contributed by atoms with Gasteiger partial charge in [-0.1, -0.05) is 32.5 Å². The molecule has 0 saturated heterocycles. The van der Waals surface area contributed by atoms with E-state index in [0.29, 0.717) is 17.3 Å². The number of hydrogen-bond donors (Lipinski definition) is 2. The Morgan fingerprint density at radius 1 is 1.39 bits per heavy atom. The minimum atomic E-state index is -1.17. The Labute approximate surface area is 139 Å². The summed E-state index contributed by atoms with van der Waals surface area (Å²) in [5, 5.41) is 2.53. The first-order chi connectivity index (χ1) is 10.6. The molecule has 9 heteroatoms. The Hall–Kier alpha value is -1.35. The van der Waals surface area contributed by atoms with Gasteiger partial charge in [-0.15, -0.1) is 0 Å². The van der Waals surface area contributed by atoms with Crippen LogP contribution in [0.25, 0.3) is 0 Å². The molecule has 0 aliphatic heterocycles. The summed E-state index contributed by atoms with van der Waals surface area (Å²) in [6, 6.07) is 0.469. The van der Waals surface area contributed by atoms with Crippen LogP contribution >= 0.6 is 11.8 Å². The van der Waals surface area contributed by atoms with Gasteiger partial charge in [0.15, 0.2) is 0 Å². The standard InChI is InChI=1S/C14H24FN3O3SSi/c1-10(2)23(3,4)8-7-22-6-5-16-13(20)18-9-11(15)12(19)17-14(18)21/h9-10H,5-8H2,1-4H3,(H,16,20)(H,17,19,21). The van der Waals surface area contributed by atoms with E-state index < -0.39 is 31.2 Å². The Kier molecular flexibility index (Phi) is 7.27. The number of amides is 1. The predicted octanol–water partition coefficient (Wildman–Crippen LogP) is 2.08. The zero-order valence-corrected chi connectivity index (χ0v) is 15.8. The van der Waals surface area contributed by atoms with E-state index in [0.717, 1.165) is 17.0 Å². The van der Waals surface area contributed by atoms with Crippen molar-refractivity contribution in [3.8, 4) is 0 Å². The van der Waals surface area contributed by atoms with Gasteiger partial charge in [0.25, 0.3) is 5.56 Å². The number of halogens is 1. The lowest BCUT2D eigenvalue weighted by Gasteiger charge is -2.26. The first kappa shape index (κ1) is 19.7. The second-order valence-electron chi connectivity index (χ2n) is 6.34. The van der Waals surface area contributed by atoms with Crippen LogP contribution in [0, 0.1) is 5.82 Å². The Morgan fingerprint density at radius 3 is 2.65 bits per heavy atom. The van der Waals surface area contributed by atoms with Gasteiger partial charge in [0, 0.05) is 12.3 Å². The van der Waals surface area contributed by atoms with Crippen molar-refractivity contribution in [2.75, 3.05) is 18.1 Å². The van der Waals surface area contributed by atoms with Crippen LogP contribution in [-0.2, 0) is 0 Å². The van der Waals surface area contributed by atoms with Gasteiger partial charge < -0.3 is 5.32 Å². The van der Waals surface area contributed by atoms with Crippen molar-refractivity contribution < 1.29 is 9.18 Å². The number of rotatable bonds is 7. The van der Waals surface area contributed by atoms with Crippen molar-refractivity contribution in [3.05, 3.63) is 32.9 Å². The molecule has 23 heavy (non-hydrogen) atoms. The zero-order valence-electron chi connectivity index (χ0n) is 13.9. The highest BCUT2D eigenvalue weighted by Crippen LogP contribution is 2.26. The largest absolute Gasteiger partial charge is 0.336 e. The fourth-order valence-corrected chi connectivity index (χ4v) is 5.35. The quantitative estimate of drug-likeness (QED) is 0.575. The number of nitrogens with zero attached hydrogens (tertiary/aromatic N) is 1. The van der Waals surface area contributed by atoms with Crippen molar-refractivity contribution in [2.24, 2.45) is 0 Å². The molecule has 0 spiro atoms. The second kappa shape index (κ2) is 8.49. The molecule has 1 amide bonds. The summed E-state index contributed by atoms with van der Waals surface area (Å²) < 4.78 is 13.6. The topological polar surface area (TPSA) is 84.0 Å². The maximum atomic E-state index is 13.1. The molecule has 1 aromatic rings. The Morgan fingerprint density at radius 2 is 2.04 bits per heavy atom. The average molecular weight is 362 g/mol. The van der Waals surface area contributed by atoms with Crippen molar-refractivity contribution in [1.29, 1.82) is 0 Å². The smallest absolute Gasteiger partial charge is 0.336 e. The molecule has 0 aromatic carbocycles. The molecule has 0 saturated carbocycles. The molecular formula is C14H24FN3O3SSi. The molecule has 0 fully saturated rings. The first-order valence-corrected chi connectivity index (χ1v) is 12.0. The average Bonchev–Trinajstić information content (AvgIpc) is 2.46. The minimum absolute atomic E-state index is 0.375. The number of thioether (sulfide) groups is 1. The summed E-state index contributed by atoms with van der Waals surface area (Å²) in [7, 11) is -1.16. The van der Waals surface area contributed by atoms with Crippen molar-refractivity contribution in [2.45, 2.75) is 38.5 Å². The molecule has 6 nitrogen and oxygen atoms in total. The maximum absolute atomic E-state index is 13.1. The van der Waals surface area contributed by atoms with Gasteiger partial charge in [-0.25, -0.2) is 14.2 Å². The van der Waals surface area contributed by atoms with E-state index in [1.165, 1.54) is 6.04 Å². The number of carbonyl (C=O) groups excluding carboxylic acids is 1. The summed E-state index contributed by atoms with van der Waals surface area (Å²) in [6.07, 6.45) is 0.598. The van der Waals surface area contributed by atoms with Gasteiger partial charge in [-0.2, -0.15) is 16.2 Å². The molecule has 0 radical (unpaired) electrons. The molecule has 1 heterocycles. The number of H-pyrrole nitrogens is 1. The highest BCUT2D eigenvalue weighted by atomic mass is 32.2. The van der Waals surface area contributed by atoms with E-state index in [1.54, 1.807) is 16.7 Å². The van der Waals surface area contributed by atoms with E-state index in [9.17, 15) is 18.8 Å².